The van der Waals surface area contributed by atoms with Gasteiger partial charge in [-0.3, -0.25) is 5.32 Å². The average Bonchev–Trinajstić information content (AvgIpc) is 2.61. The molecule has 0 saturated carbocycles. The Morgan fingerprint density at radius 3 is 2.48 bits per heavy atom. The van der Waals surface area contributed by atoms with E-state index < -0.39 is 12.1 Å². The van der Waals surface area contributed by atoms with E-state index in [0.717, 1.165) is 30.4 Å². The zero-order chi connectivity index (χ0) is 18.1. The fraction of sp³-hybridized carbons (Fsp3) is 0.300. The highest BCUT2D eigenvalue weighted by molar-refractivity contribution is 5.98. The molecule has 25 heavy (non-hydrogen) atoms. The number of carboxylic acids is 1. The number of aromatic carboxylic acids is 1. The monoisotopic (exact) mass is 341 g/mol. The van der Waals surface area contributed by atoms with Gasteiger partial charge in [-0.05, 0) is 36.1 Å². The van der Waals surface area contributed by atoms with Gasteiger partial charge >= 0.3 is 12.1 Å². The van der Waals surface area contributed by atoms with Crippen LogP contribution in [0.25, 0.3) is 0 Å². The van der Waals surface area contributed by atoms with E-state index >= 15 is 0 Å². The first-order valence-electron chi connectivity index (χ1n) is 8.44. The van der Waals surface area contributed by atoms with Gasteiger partial charge in [0.05, 0.1) is 17.9 Å². The van der Waals surface area contributed by atoms with Crippen LogP contribution >= 0.6 is 0 Å². The Balaban J connectivity index is 1.93. The molecule has 0 aliphatic rings. The maximum atomic E-state index is 11.9. The van der Waals surface area contributed by atoms with Crippen molar-refractivity contribution in [1.29, 1.82) is 0 Å². The SMILES string of the molecule is CCCCc1ccc(NC(=O)OCCc2ccccc2)c(C(=O)O)c1. The summed E-state index contributed by atoms with van der Waals surface area (Å²) in [5.74, 6) is -1.07. The minimum Gasteiger partial charge on any atom is -0.478 e. The van der Waals surface area contributed by atoms with E-state index in [0.29, 0.717) is 6.42 Å². The first-order valence-corrected chi connectivity index (χ1v) is 8.44. The number of carbonyl (C=O) groups is 2. The Hall–Kier alpha value is -2.82. The fourth-order valence-electron chi connectivity index (χ4n) is 2.47. The van der Waals surface area contributed by atoms with Crippen molar-refractivity contribution >= 4 is 17.7 Å². The second-order valence-electron chi connectivity index (χ2n) is 5.79. The average molecular weight is 341 g/mol. The van der Waals surface area contributed by atoms with Crippen LogP contribution in [-0.2, 0) is 17.6 Å². The van der Waals surface area contributed by atoms with Crippen LogP contribution in [0.4, 0.5) is 10.5 Å². The summed E-state index contributed by atoms with van der Waals surface area (Å²) in [5.41, 5.74) is 2.34. The highest BCUT2D eigenvalue weighted by Gasteiger charge is 2.14. The number of benzene rings is 2. The lowest BCUT2D eigenvalue weighted by atomic mass is 10.0. The smallest absolute Gasteiger partial charge is 0.411 e. The highest BCUT2D eigenvalue weighted by Crippen LogP contribution is 2.19. The Morgan fingerprint density at radius 2 is 1.80 bits per heavy atom. The van der Waals surface area contributed by atoms with Gasteiger partial charge in [0.1, 0.15) is 0 Å². The molecule has 0 bridgehead atoms. The molecule has 0 heterocycles. The molecule has 0 fully saturated rings. The Kier molecular flexibility index (Phi) is 7.01. The molecule has 5 heteroatoms. The van der Waals surface area contributed by atoms with Crippen LogP contribution in [-0.4, -0.2) is 23.8 Å². The van der Waals surface area contributed by atoms with Gasteiger partial charge in [-0.2, -0.15) is 0 Å². The molecule has 1 amide bonds. The molecule has 0 atom stereocenters. The molecule has 2 rings (SSSR count). The van der Waals surface area contributed by atoms with Crippen molar-refractivity contribution in [2.24, 2.45) is 0 Å². The molecular weight excluding hydrogens is 318 g/mol. The van der Waals surface area contributed by atoms with Crippen LogP contribution in [0.1, 0.15) is 41.3 Å². The van der Waals surface area contributed by atoms with Crippen molar-refractivity contribution in [3.63, 3.8) is 0 Å². The second kappa shape index (κ2) is 9.47. The lowest BCUT2D eigenvalue weighted by molar-refractivity contribution is 0.0698. The molecule has 0 aromatic heterocycles. The highest BCUT2D eigenvalue weighted by atomic mass is 16.5. The van der Waals surface area contributed by atoms with Gasteiger partial charge in [0.25, 0.3) is 0 Å². The van der Waals surface area contributed by atoms with Crippen LogP contribution in [0.15, 0.2) is 48.5 Å². The van der Waals surface area contributed by atoms with Crippen molar-refractivity contribution < 1.29 is 19.4 Å². The van der Waals surface area contributed by atoms with E-state index in [-0.39, 0.29) is 17.9 Å². The lowest BCUT2D eigenvalue weighted by Gasteiger charge is -2.11. The molecule has 0 radical (unpaired) electrons. The molecule has 2 aromatic rings. The van der Waals surface area contributed by atoms with Crippen LogP contribution in [0.3, 0.4) is 0 Å². The number of carbonyl (C=O) groups excluding carboxylic acids is 1. The molecule has 2 N–H and O–H groups in total. The van der Waals surface area contributed by atoms with Gasteiger partial charge in [-0.25, -0.2) is 9.59 Å². The van der Waals surface area contributed by atoms with Crippen molar-refractivity contribution in [3.8, 4) is 0 Å². The molecule has 0 aliphatic carbocycles. The normalized spacial score (nSPS) is 10.3. The molecule has 0 saturated heterocycles. The number of hydrogen-bond donors (Lipinski definition) is 2. The number of carboxylic acid groups (broad SMARTS) is 1. The number of aryl methyl sites for hydroxylation is 1. The van der Waals surface area contributed by atoms with Gasteiger partial charge in [0.2, 0.25) is 0 Å². The molecule has 0 aliphatic heterocycles. The van der Waals surface area contributed by atoms with Gasteiger partial charge in [-0.1, -0.05) is 49.7 Å². The third-order valence-corrected chi connectivity index (χ3v) is 3.84. The fourth-order valence-corrected chi connectivity index (χ4v) is 2.47. The summed E-state index contributed by atoms with van der Waals surface area (Å²) < 4.78 is 5.14. The number of anilines is 1. The first-order chi connectivity index (χ1) is 12.1. The Morgan fingerprint density at radius 1 is 1.04 bits per heavy atom. The molecule has 132 valence electrons. The van der Waals surface area contributed by atoms with E-state index in [1.54, 1.807) is 12.1 Å². The van der Waals surface area contributed by atoms with Gasteiger partial charge < -0.3 is 9.84 Å². The molecule has 2 aromatic carbocycles. The van der Waals surface area contributed by atoms with Crippen LogP contribution < -0.4 is 5.32 Å². The summed E-state index contributed by atoms with van der Waals surface area (Å²) in [6.45, 7) is 2.31. The summed E-state index contributed by atoms with van der Waals surface area (Å²) in [6, 6.07) is 14.8. The number of rotatable bonds is 8. The van der Waals surface area contributed by atoms with Crippen molar-refractivity contribution in [1.82, 2.24) is 0 Å². The summed E-state index contributed by atoms with van der Waals surface area (Å²) in [4.78, 5) is 23.3. The molecule has 0 spiro atoms. The zero-order valence-corrected chi connectivity index (χ0v) is 14.3. The predicted octanol–water partition coefficient (Wildman–Crippen LogP) is 4.52. The number of unbranched alkanes of at least 4 members (excludes halogenated alkanes) is 1. The Labute approximate surface area is 147 Å². The number of nitrogens with one attached hydrogen (secondary N) is 1. The summed E-state index contributed by atoms with van der Waals surface area (Å²) >= 11 is 0. The van der Waals surface area contributed by atoms with Crippen molar-refractivity contribution in [2.75, 3.05) is 11.9 Å². The quantitative estimate of drug-likeness (QED) is 0.740. The van der Waals surface area contributed by atoms with E-state index in [2.05, 4.69) is 12.2 Å². The lowest BCUT2D eigenvalue weighted by Crippen LogP contribution is -2.17. The predicted molar refractivity (Wildman–Crippen MR) is 97.1 cm³/mol. The number of hydrogen-bond acceptors (Lipinski definition) is 3. The van der Waals surface area contributed by atoms with Crippen LogP contribution in [0.2, 0.25) is 0 Å². The zero-order valence-electron chi connectivity index (χ0n) is 14.3. The first kappa shape index (κ1) is 18.5. The van der Waals surface area contributed by atoms with E-state index in [9.17, 15) is 14.7 Å². The second-order valence-corrected chi connectivity index (χ2v) is 5.79. The maximum Gasteiger partial charge on any atom is 0.411 e. The van der Waals surface area contributed by atoms with Crippen LogP contribution in [0, 0.1) is 0 Å². The van der Waals surface area contributed by atoms with Crippen LogP contribution in [0.5, 0.6) is 0 Å². The van der Waals surface area contributed by atoms with Gasteiger partial charge in [-0.15, -0.1) is 0 Å². The minimum absolute atomic E-state index is 0.0774. The minimum atomic E-state index is -1.07. The molecule has 5 nitrogen and oxygen atoms in total. The van der Waals surface area contributed by atoms with E-state index in [1.165, 1.54) is 0 Å². The third-order valence-electron chi connectivity index (χ3n) is 3.84. The van der Waals surface area contributed by atoms with E-state index in [4.69, 9.17) is 4.74 Å². The third kappa shape index (κ3) is 5.95. The van der Waals surface area contributed by atoms with Gasteiger partial charge in [0, 0.05) is 6.42 Å². The topological polar surface area (TPSA) is 75.6 Å². The largest absolute Gasteiger partial charge is 0.478 e. The van der Waals surface area contributed by atoms with Gasteiger partial charge in [0.15, 0.2) is 0 Å². The van der Waals surface area contributed by atoms with E-state index in [1.807, 2.05) is 36.4 Å². The number of amides is 1. The summed E-state index contributed by atoms with van der Waals surface area (Å²) in [5, 5.41) is 11.9. The van der Waals surface area contributed by atoms with Crippen molar-refractivity contribution in [2.45, 2.75) is 32.6 Å². The summed E-state index contributed by atoms with van der Waals surface area (Å²) in [7, 11) is 0. The Bertz CT molecular complexity index is 713. The standard InChI is InChI=1S/C20H23NO4/c1-2-3-7-16-10-11-18(17(14-16)19(22)23)21-20(24)25-13-12-15-8-5-4-6-9-15/h4-6,8-11,14H,2-3,7,12-13H2,1H3,(H,21,24)(H,22,23). The maximum absolute atomic E-state index is 11.9. The molecule has 0 unspecified atom stereocenters. The number of ether oxygens (including phenoxy) is 1. The van der Waals surface area contributed by atoms with Crippen molar-refractivity contribution in [3.05, 3.63) is 65.2 Å². The molecular formula is C20H23NO4. The summed E-state index contributed by atoms with van der Waals surface area (Å²) in [6.07, 6.45) is 2.80.